The van der Waals surface area contributed by atoms with Gasteiger partial charge >= 0.3 is 11.9 Å². The van der Waals surface area contributed by atoms with E-state index in [9.17, 15) is 19.2 Å². The molecule has 8 nitrogen and oxygen atoms in total. The highest BCUT2D eigenvalue weighted by Crippen LogP contribution is 2.27. The molecule has 1 aliphatic rings. The van der Waals surface area contributed by atoms with Crippen molar-refractivity contribution in [1.82, 2.24) is 0 Å². The van der Waals surface area contributed by atoms with Crippen LogP contribution in [-0.4, -0.2) is 36.8 Å². The van der Waals surface area contributed by atoms with Gasteiger partial charge in [-0.1, -0.05) is 17.7 Å². The number of hydrogen-bond donors (Lipinski definition) is 0. The van der Waals surface area contributed by atoms with Gasteiger partial charge in [0.2, 0.25) is 11.7 Å². The Bertz CT molecular complexity index is 1190. The van der Waals surface area contributed by atoms with Crippen LogP contribution in [-0.2, 0) is 14.3 Å². The fraction of sp³-hybridized carbons (Fsp3) is 0.167. The molecule has 1 amide bonds. The molecule has 0 saturated carbocycles. The number of ether oxygens (including phenoxy) is 2. The van der Waals surface area contributed by atoms with Crippen LogP contribution in [0.15, 0.2) is 71.3 Å². The number of furan rings is 1. The lowest BCUT2D eigenvalue weighted by Gasteiger charge is -2.16. The molecule has 33 heavy (non-hydrogen) atoms. The topological polar surface area (TPSA) is 103 Å². The molecule has 3 aromatic rings. The zero-order chi connectivity index (χ0) is 23.4. The molecule has 1 aromatic heterocycles. The van der Waals surface area contributed by atoms with Gasteiger partial charge in [0, 0.05) is 29.2 Å². The molecule has 4 rings (SSSR count). The minimum Gasteiger partial charge on any atom is -0.457 e. The predicted molar refractivity (Wildman–Crippen MR) is 117 cm³/mol. The third kappa shape index (κ3) is 5.30. The van der Waals surface area contributed by atoms with Gasteiger partial charge in [0.25, 0.3) is 0 Å². The molecule has 1 atom stereocenters. The van der Waals surface area contributed by atoms with E-state index < -0.39 is 30.2 Å². The number of anilines is 1. The smallest absolute Gasteiger partial charge is 0.379 e. The maximum Gasteiger partial charge on any atom is 0.379 e. The molecule has 2 heterocycles. The Morgan fingerprint density at radius 3 is 2.55 bits per heavy atom. The highest BCUT2D eigenvalue weighted by Gasteiger charge is 2.36. The van der Waals surface area contributed by atoms with Gasteiger partial charge < -0.3 is 18.8 Å². The fourth-order valence-electron chi connectivity index (χ4n) is 3.36. The Kier molecular flexibility index (Phi) is 6.55. The predicted octanol–water partition coefficient (Wildman–Crippen LogP) is 3.93. The largest absolute Gasteiger partial charge is 0.457 e. The summed E-state index contributed by atoms with van der Waals surface area (Å²) < 4.78 is 15.3. The average Bonchev–Trinajstić information content (AvgIpc) is 3.48. The van der Waals surface area contributed by atoms with Gasteiger partial charge in [-0.05, 0) is 54.6 Å². The summed E-state index contributed by atoms with van der Waals surface area (Å²) in [7, 11) is 0. The van der Waals surface area contributed by atoms with Crippen molar-refractivity contribution >= 4 is 40.9 Å². The molecule has 1 aliphatic heterocycles. The molecule has 0 radical (unpaired) electrons. The Hall–Kier alpha value is -3.91. The Morgan fingerprint density at radius 1 is 1.06 bits per heavy atom. The summed E-state index contributed by atoms with van der Waals surface area (Å²) in [6.45, 7) is -0.311. The van der Waals surface area contributed by atoms with Gasteiger partial charge in [0.05, 0.1) is 12.2 Å². The van der Waals surface area contributed by atoms with Gasteiger partial charge in [-0.15, -0.1) is 0 Å². The van der Waals surface area contributed by atoms with E-state index in [4.69, 9.17) is 25.5 Å². The number of carbonyl (C=O) groups excluding carboxylic acids is 4. The molecule has 2 aromatic carbocycles. The van der Waals surface area contributed by atoms with Gasteiger partial charge in [-0.3, -0.25) is 14.4 Å². The summed E-state index contributed by atoms with van der Waals surface area (Å²) in [4.78, 5) is 50.5. The first kappa shape index (κ1) is 22.3. The van der Waals surface area contributed by atoms with Gasteiger partial charge in [0.15, 0.2) is 12.4 Å². The number of ketones is 1. The lowest BCUT2D eigenvalue weighted by atomic mass is 10.1. The minimum atomic E-state index is -0.673. The Morgan fingerprint density at radius 2 is 1.85 bits per heavy atom. The van der Waals surface area contributed by atoms with Crippen molar-refractivity contribution in [3.63, 3.8) is 0 Å². The minimum absolute atomic E-state index is 0.00469. The highest BCUT2D eigenvalue weighted by atomic mass is 35.5. The quantitative estimate of drug-likeness (QED) is 0.294. The normalized spacial score (nSPS) is 15.4. The Labute approximate surface area is 193 Å². The fourth-order valence-corrected chi connectivity index (χ4v) is 3.54. The van der Waals surface area contributed by atoms with Crippen molar-refractivity contribution in [2.24, 2.45) is 5.92 Å². The van der Waals surface area contributed by atoms with E-state index in [1.165, 1.54) is 41.5 Å². The van der Waals surface area contributed by atoms with E-state index in [0.29, 0.717) is 10.7 Å². The van der Waals surface area contributed by atoms with E-state index in [2.05, 4.69) is 0 Å². The molecular weight excluding hydrogens is 450 g/mol. The summed E-state index contributed by atoms with van der Waals surface area (Å²) in [5.74, 6) is -2.31. The van der Waals surface area contributed by atoms with Crippen LogP contribution < -0.4 is 9.64 Å². The van der Waals surface area contributed by atoms with Gasteiger partial charge in [-0.25, -0.2) is 4.79 Å². The van der Waals surface area contributed by atoms with Crippen molar-refractivity contribution in [3.05, 3.63) is 83.3 Å². The third-order valence-electron chi connectivity index (χ3n) is 5.03. The summed E-state index contributed by atoms with van der Waals surface area (Å²) in [6.07, 6.45) is 1.35. The molecule has 0 N–H and O–H groups in total. The van der Waals surface area contributed by atoms with Crippen LogP contribution in [0.25, 0.3) is 0 Å². The van der Waals surface area contributed by atoms with E-state index in [-0.39, 0.29) is 35.9 Å². The number of esters is 2. The van der Waals surface area contributed by atoms with Crippen molar-refractivity contribution < 1.29 is 33.1 Å². The molecule has 0 spiro atoms. The molecule has 0 aliphatic carbocycles. The number of benzene rings is 2. The van der Waals surface area contributed by atoms with Crippen LogP contribution in [0.1, 0.15) is 27.3 Å². The zero-order valence-electron chi connectivity index (χ0n) is 17.2. The van der Waals surface area contributed by atoms with Crippen LogP contribution in [0.2, 0.25) is 5.02 Å². The van der Waals surface area contributed by atoms with Crippen LogP contribution in [0, 0.1) is 5.92 Å². The number of halogens is 1. The number of nitrogens with zero attached hydrogens (tertiary/aromatic N) is 1. The molecule has 1 fully saturated rings. The number of amides is 1. The van der Waals surface area contributed by atoms with E-state index >= 15 is 0 Å². The van der Waals surface area contributed by atoms with Crippen LogP contribution in [0.4, 0.5) is 5.69 Å². The SMILES string of the molecule is O=C(COC(=O)[C@H]1CC(=O)N(c2cccc(Cl)c2)C1)c1ccc(OC(=O)c2ccco2)cc1. The first-order valence-electron chi connectivity index (χ1n) is 10.0. The van der Waals surface area contributed by atoms with Crippen LogP contribution in [0.3, 0.4) is 0 Å². The molecule has 9 heteroatoms. The highest BCUT2D eigenvalue weighted by molar-refractivity contribution is 6.31. The average molecular weight is 468 g/mol. The van der Waals surface area contributed by atoms with Crippen LogP contribution in [0.5, 0.6) is 5.75 Å². The summed E-state index contributed by atoms with van der Waals surface area (Å²) in [5, 5.41) is 0.485. The number of rotatable bonds is 7. The first-order valence-corrected chi connectivity index (χ1v) is 10.4. The van der Waals surface area contributed by atoms with Gasteiger partial charge in [-0.2, -0.15) is 0 Å². The molecule has 168 valence electrons. The molecule has 1 saturated heterocycles. The van der Waals surface area contributed by atoms with Crippen molar-refractivity contribution in [3.8, 4) is 5.75 Å². The Balaban J connectivity index is 1.29. The lowest BCUT2D eigenvalue weighted by molar-refractivity contribution is -0.147. The summed E-state index contributed by atoms with van der Waals surface area (Å²) in [5.41, 5.74) is 0.885. The third-order valence-corrected chi connectivity index (χ3v) is 5.27. The number of hydrogen-bond acceptors (Lipinski definition) is 7. The first-order chi connectivity index (χ1) is 15.9. The van der Waals surface area contributed by atoms with E-state index in [1.54, 1.807) is 30.3 Å². The van der Waals surface area contributed by atoms with E-state index in [0.717, 1.165) is 0 Å². The lowest BCUT2D eigenvalue weighted by Crippen LogP contribution is -2.27. The number of carbonyl (C=O) groups is 4. The second kappa shape index (κ2) is 9.70. The van der Waals surface area contributed by atoms with Crippen LogP contribution >= 0.6 is 11.6 Å². The van der Waals surface area contributed by atoms with E-state index in [1.807, 2.05) is 0 Å². The zero-order valence-corrected chi connectivity index (χ0v) is 18.0. The van der Waals surface area contributed by atoms with Crippen molar-refractivity contribution in [2.45, 2.75) is 6.42 Å². The van der Waals surface area contributed by atoms with Gasteiger partial charge in [0.1, 0.15) is 5.75 Å². The maximum absolute atomic E-state index is 12.4. The molecule has 0 unspecified atom stereocenters. The molecule has 0 bridgehead atoms. The van der Waals surface area contributed by atoms with Crippen molar-refractivity contribution in [2.75, 3.05) is 18.1 Å². The van der Waals surface area contributed by atoms with Crippen molar-refractivity contribution in [1.29, 1.82) is 0 Å². The second-order valence-electron chi connectivity index (χ2n) is 7.31. The molecular formula is C24H18ClNO7. The summed E-state index contributed by atoms with van der Waals surface area (Å²) >= 11 is 5.97. The maximum atomic E-state index is 12.4. The number of Topliss-reactive ketones (excluding diaryl/α,β-unsaturated/α-hetero) is 1. The second-order valence-corrected chi connectivity index (χ2v) is 7.74. The summed E-state index contributed by atoms with van der Waals surface area (Å²) in [6, 6.07) is 15.7. The monoisotopic (exact) mass is 467 g/mol. The standard InChI is InChI=1S/C24H18ClNO7/c25-17-3-1-4-18(12-17)26-13-16(11-22(26)28)23(29)32-14-20(27)15-6-8-19(9-7-15)33-24(30)21-5-2-10-31-21/h1-10,12,16H,11,13-14H2/t16-/m0/s1.